The number of aromatic nitrogens is 1. The van der Waals surface area contributed by atoms with Crippen LogP contribution < -0.4 is 10.5 Å². The molecule has 0 atom stereocenters. The van der Waals surface area contributed by atoms with Gasteiger partial charge in [-0.1, -0.05) is 0 Å². The fourth-order valence-corrected chi connectivity index (χ4v) is 1.66. The van der Waals surface area contributed by atoms with Crippen LogP contribution in [0.25, 0.3) is 0 Å². The summed E-state index contributed by atoms with van der Waals surface area (Å²) in [6.45, 7) is 0. The van der Waals surface area contributed by atoms with E-state index in [4.69, 9.17) is 10.5 Å². The summed E-state index contributed by atoms with van der Waals surface area (Å²) in [5.74, 6) is -0.501. The Kier molecular flexibility index (Phi) is 3.61. The van der Waals surface area contributed by atoms with Gasteiger partial charge in [0.1, 0.15) is 17.4 Å². The molecule has 1 aromatic heterocycles. The largest absolute Gasteiger partial charge is 0.437 e. The number of nitrogens with two attached hydrogens (primary N) is 1. The highest BCUT2D eigenvalue weighted by Crippen LogP contribution is 2.31. The summed E-state index contributed by atoms with van der Waals surface area (Å²) >= 11 is 3.17. The quantitative estimate of drug-likeness (QED) is 0.690. The maximum atomic E-state index is 13.1. The van der Waals surface area contributed by atoms with Crippen LogP contribution >= 0.6 is 15.9 Å². The third kappa shape index (κ3) is 3.16. The Hall–Kier alpha value is -2.22. The summed E-state index contributed by atoms with van der Waals surface area (Å²) in [6, 6.07) is 6.03. The second kappa shape index (κ2) is 5.19. The van der Waals surface area contributed by atoms with Crippen LogP contribution in [0, 0.1) is 15.9 Å². The number of ether oxygens (including phenoxy) is 1. The smallest absolute Gasteiger partial charge is 0.278 e. The zero-order valence-corrected chi connectivity index (χ0v) is 10.9. The average Bonchev–Trinajstić information content (AvgIpc) is 2.33. The molecular weight excluding hydrogens is 321 g/mol. The van der Waals surface area contributed by atoms with Crippen molar-refractivity contribution in [2.24, 2.45) is 0 Å². The molecule has 0 aliphatic carbocycles. The van der Waals surface area contributed by atoms with E-state index in [2.05, 4.69) is 20.9 Å². The number of anilines is 1. The van der Waals surface area contributed by atoms with Crippen LogP contribution in [0.3, 0.4) is 0 Å². The molecule has 8 heteroatoms. The van der Waals surface area contributed by atoms with Crippen LogP contribution in [-0.2, 0) is 0 Å². The molecule has 0 aliphatic rings. The highest BCUT2D eigenvalue weighted by Gasteiger charge is 2.12. The Labute approximate surface area is 115 Å². The van der Waals surface area contributed by atoms with E-state index in [0.29, 0.717) is 4.47 Å². The van der Waals surface area contributed by atoms with Crippen molar-refractivity contribution in [1.82, 2.24) is 4.98 Å². The number of benzene rings is 1. The van der Waals surface area contributed by atoms with Gasteiger partial charge in [-0.2, -0.15) is 4.98 Å². The van der Waals surface area contributed by atoms with Gasteiger partial charge in [0, 0.05) is 6.07 Å². The molecule has 1 aromatic carbocycles. The lowest BCUT2D eigenvalue weighted by Crippen LogP contribution is -1.97. The third-order valence-electron chi connectivity index (χ3n) is 2.13. The predicted octanol–water partition coefficient (Wildman–Crippen LogP) is 3.27. The standard InChI is InChI=1S/C11H7BrFN3O3/c12-8-2-1-6(13)3-9(8)19-11-5-7(16(17)18)4-10(14)15-11/h1-5H,(H2,14,15). The van der Waals surface area contributed by atoms with Gasteiger partial charge in [0.15, 0.2) is 0 Å². The van der Waals surface area contributed by atoms with Crippen molar-refractivity contribution < 1.29 is 14.1 Å². The molecule has 0 aliphatic heterocycles. The number of halogens is 2. The van der Waals surface area contributed by atoms with Gasteiger partial charge in [-0.25, -0.2) is 4.39 Å². The molecule has 0 saturated carbocycles. The van der Waals surface area contributed by atoms with Crippen molar-refractivity contribution >= 4 is 27.4 Å². The number of nitrogens with zero attached hydrogens (tertiary/aromatic N) is 2. The summed E-state index contributed by atoms with van der Waals surface area (Å²) in [7, 11) is 0. The van der Waals surface area contributed by atoms with Crippen molar-refractivity contribution in [2.75, 3.05) is 5.73 Å². The lowest BCUT2D eigenvalue weighted by molar-refractivity contribution is -0.384. The predicted molar refractivity (Wildman–Crippen MR) is 69.5 cm³/mol. The molecule has 0 radical (unpaired) electrons. The molecule has 98 valence electrons. The zero-order valence-electron chi connectivity index (χ0n) is 9.34. The lowest BCUT2D eigenvalue weighted by atomic mass is 10.3. The highest BCUT2D eigenvalue weighted by molar-refractivity contribution is 9.10. The van der Waals surface area contributed by atoms with Crippen molar-refractivity contribution in [1.29, 1.82) is 0 Å². The molecule has 2 rings (SSSR count). The molecule has 0 fully saturated rings. The Morgan fingerprint density at radius 2 is 2.11 bits per heavy atom. The molecular formula is C11H7BrFN3O3. The summed E-state index contributed by atoms with van der Waals surface area (Å²) in [6.07, 6.45) is 0. The number of pyridine rings is 1. The average molecular weight is 328 g/mol. The summed E-state index contributed by atoms with van der Waals surface area (Å²) in [5.41, 5.74) is 5.18. The molecule has 2 N–H and O–H groups in total. The van der Waals surface area contributed by atoms with Crippen LogP contribution in [0.5, 0.6) is 11.6 Å². The normalized spacial score (nSPS) is 10.2. The van der Waals surface area contributed by atoms with E-state index in [0.717, 1.165) is 18.2 Å². The number of nitro groups is 1. The van der Waals surface area contributed by atoms with E-state index in [9.17, 15) is 14.5 Å². The first-order valence-electron chi connectivity index (χ1n) is 5.00. The zero-order chi connectivity index (χ0) is 14.0. The van der Waals surface area contributed by atoms with Gasteiger partial charge in [0.25, 0.3) is 5.69 Å². The summed E-state index contributed by atoms with van der Waals surface area (Å²) < 4.78 is 18.8. The van der Waals surface area contributed by atoms with Gasteiger partial charge < -0.3 is 10.5 Å². The number of rotatable bonds is 3. The molecule has 0 amide bonds. The van der Waals surface area contributed by atoms with Crippen molar-refractivity contribution in [3.63, 3.8) is 0 Å². The van der Waals surface area contributed by atoms with Gasteiger partial charge in [0.2, 0.25) is 5.88 Å². The van der Waals surface area contributed by atoms with Crippen LogP contribution in [0.2, 0.25) is 0 Å². The first-order valence-corrected chi connectivity index (χ1v) is 5.80. The van der Waals surface area contributed by atoms with Gasteiger partial charge in [0.05, 0.1) is 21.5 Å². The third-order valence-corrected chi connectivity index (χ3v) is 2.78. The van der Waals surface area contributed by atoms with E-state index in [1.54, 1.807) is 0 Å². The second-order valence-electron chi connectivity index (χ2n) is 3.52. The molecule has 6 nitrogen and oxygen atoms in total. The van der Waals surface area contributed by atoms with Gasteiger partial charge in [-0.05, 0) is 28.1 Å². The van der Waals surface area contributed by atoms with Crippen molar-refractivity contribution in [3.05, 3.63) is 50.7 Å². The summed E-state index contributed by atoms with van der Waals surface area (Å²) in [5, 5.41) is 10.7. The number of hydrogen-bond acceptors (Lipinski definition) is 5. The van der Waals surface area contributed by atoms with Crippen LogP contribution in [0.15, 0.2) is 34.8 Å². The minimum atomic E-state index is -0.620. The first kappa shape index (κ1) is 13.2. The Balaban J connectivity index is 2.38. The molecule has 19 heavy (non-hydrogen) atoms. The second-order valence-corrected chi connectivity index (χ2v) is 4.38. The van der Waals surface area contributed by atoms with E-state index in [1.165, 1.54) is 12.1 Å². The molecule has 0 spiro atoms. The van der Waals surface area contributed by atoms with Crippen molar-refractivity contribution in [2.45, 2.75) is 0 Å². The van der Waals surface area contributed by atoms with E-state index in [1.807, 2.05) is 0 Å². The molecule has 0 bridgehead atoms. The molecule has 0 saturated heterocycles. The molecule has 2 aromatic rings. The van der Waals surface area contributed by atoms with E-state index >= 15 is 0 Å². The number of hydrogen-bond donors (Lipinski definition) is 1. The Bertz CT molecular complexity index is 651. The van der Waals surface area contributed by atoms with Crippen LogP contribution in [-0.4, -0.2) is 9.91 Å². The lowest BCUT2D eigenvalue weighted by Gasteiger charge is -2.07. The fraction of sp³-hybridized carbons (Fsp3) is 0. The van der Waals surface area contributed by atoms with Crippen LogP contribution in [0.4, 0.5) is 15.9 Å². The first-order chi connectivity index (χ1) is 8.95. The summed E-state index contributed by atoms with van der Waals surface area (Å²) in [4.78, 5) is 13.8. The van der Waals surface area contributed by atoms with Crippen molar-refractivity contribution in [3.8, 4) is 11.6 Å². The van der Waals surface area contributed by atoms with Gasteiger partial charge in [-0.3, -0.25) is 10.1 Å². The SMILES string of the molecule is Nc1cc([N+](=O)[O-])cc(Oc2cc(F)ccc2Br)n1. The van der Waals surface area contributed by atoms with E-state index < -0.39 is 10.7 Å². The minimum absolute atomic E-state index is 0.0586. The van der Waals surface area contributed by atoms with E-state index in [-0.39, 0.29) is 23.1 Å². The monoisotopic (exact) mass is 327 g/mol. The van der Waals surface area contributed by atoms with Crippen LogP contribution in [0.1, 0.15) is 0 Å². The van der Waals surface area contributed by atoms with Gasteiger partial charge in [-0.15, -0.1) is 0 Å². The molecule has 0 unspecified atom stereocenters. The number of nitrogen functional groups attached to an aromatic ring is 1. The highest BCUT2D eigenvalue weighted by atomic mass is 79.9. The maximum absolute atomic E-state index is 13.1. The Morgan fingerprint density at radius 1 is 1.37 bits per heavy atom. The molecule has 1 heterocycles. The topological polar surface area (TPSA) is 91.3 Å². The maximum Gasteiger partial charge on any atom is 0.278 e. The minimum Gasteiger partial charge on any atom is -0.437 e. The van der Waals surface area contributed by atoms with Gasteiger partial charge >= 0.3 is 0 Å². The Morgan fingerprint density at radius 3 is 2.79 bits per heavy atom. The fourth-order valence-electron chi connectivity index (χ4n) is 1.34.